The van der Waals surface area contributed by atoms with Crippen molar-refractivity contribution >= 4 is 34.1 Å². The molecule has 0 aromatic heterocycles. The van der Waals surface area contributed by atoms with Crippen LogP contribution in [0.15, 0.2) is 194 Å². The zero-order valence-corrected chi connectivity index (χ0v) is 38.9. The van der Waals surface area contributed by atoms with Crippen molar-refractivity contribution in [3.05, 3.63) is 261 Å². The maximum atomic E-state index is 2.51. The molecule has 0 fully saturated rings. The standard InChI is InChI=1S/C67H48N2/c1-40-11-19-60-44(27-40)31-48-36-54(15-23-64(48)60)68(52-13-21-62-46(34-52)29-42-7-3-5-9-58(42)62)56-17-25-66-50(38-56)33-51-39-57(18-26-67(51)66)69(53-14-22-63-47(35-53)30-43-8-4-6-10-59(43)63)55-16-24-65-49(37-55)32-45-28-41(2)12-20-61(45)65/h3-28,34-39H,29-33H2,1-2H3. The third kappa shape index (κ3) is 6.04. The molecule has 69 heavy (non-hydrogen) atoms. The predicted molar refractivity (Wildman–Crippen MR) is 286 cm³/mol. The van der Waals surface area contributed by atoms with Gasteiger partial charge in [-0.2, -0.15) is 0 Å². The van der Waals surface area contributed by atoms with E-state index in [0.717, 1.165) is 32.1 Å². The van der Waals surface area contributed by atoms with Crippen LogP contribution in [0, 0.1) is 13.8 Å². The molecule has 0 atom stereocenters. The summed E-state index contributed by atoms with van der Waals surface area (Å²) < 4.78 is 0. The van der Waals surface area contributed by atoms with E-state index in [1.165, 1.54) is 157 Å². The first-order valence-electron chi connectivity index (χ1n) is 24.7. The first kappa shape index (κ1) is 38.9. The largest absolute Gasteiger partial charge is 0.310 e. The average Bonchev–Trinajstić information content (AvgIpc) is 4.19. The third-order valence-corrected chi connectivity index (χ3v) is 16.0. The Morgan fingerprint density at radius 1 is 0.217 bits per heavy atom. The van der Waals surface area contributed by atoms with Crippen molar-refractivity contribution in [3.8, 4) is 55.6 Å². The molecule has 5 aliphatic rings. The van der Waals surface area contributed by atoms with Crippen molar-refractivity contribution in [2.75, 3.05) is 9.80 Å². The summed E-state index contributed by atoms with van der Waals surface area (Å²) >= 11 is 0. The van der Waals surface area contributed by atoms with Crippen LogP contribution in [0.1, 0.15) is 66.8 Å². The van der Waals surface area contributed by atoms with Gasteiger partial charge in [0.25, 0.3) is 0 Å². The molecule has 0 heterocycles. The van der Waals surface area contributed by atoms with Crippen LogP contribution in [0.3, 0.4) is 0 Å². The van der Waals surface area contributed by atoms with Crippen molar-refractivity contribution in [1.29, 1.82) is 0 Å². The van der Waals surface area contributed by atoms with Gasteiger partial charge in [-0.15, -0.1) is 0 Å². The lowest BCUT2D eigenvalue weighted by Crippen LogP contribution is -2.11. The van der Waals surface area contributed by atoms with Crippen molar-refractivity contribution in [2.45, 2.75) is 46.0 Å². The minimum atomic E-state index is 0.880. The molecule has 10 aromatic rings. The molecule has 0 unspecified atom stereocenters. The lowest BCUT2D eigenvalue weighted by Gasteiger charge is -2.27. The first-order chi connectivity index (χ1) is 33.9. The molecule has 0 N–H and O–H groups in total. The van der Waals surface area contributed by atoms with Gasteiger partial charge in [-0.05, 0) is 230 Å². The maximum absolute atomic E-state index is 2.51. The van der Waals surface area contributed by atoms with E-state index in [1.54, 1.807) is 0 Å². The molecule has 0 saturated heterocycles. The first-order valence-corrected chi connectivity index (χ1v) is 24.7. The van der Waals surface area contributed by atoms with Gasteiger partial charge < -0.3 is 9.80 Å². The van der Waals surface area contributed by atoms with Gasteiger partial charge in [0.2, 0.25) is 0 Å². The highest BCUT2D eigenvalue weighted by Crippen LogP contribution is 2.50. The second-order valence-electron chi connectivity index (χ2n) is 20.2. The minimum Gasteiger partial charge on any atom is -0.310 e. The molecule has 0 spiro atoms. The van der Waals surface area contributed by atoms with Gasteiger partial charge in [-0.25, -0.2) is 0 Å². The van der Waals surface area contributed by atoms with Crippen LogP contribution in [0.2, 0.25) is 0 Å². The molecule has 15 rings (SSSR count). The van der Waals surface area contributed by atoms with Crippen molar-refractivity contribution < 1.29 is 0 Å². The molecule has 5 aliphatic carbocycles. The van der Waals surface area contributed by atoms with Crippen LogP contribution in [0.5, 0.6) is 0 Å². The summed E-state index contributed by atoms with van der Waals surface area (Å²) in [6.07, 6.45) is 4.73. The van der Waals surface area contributed by atoms with E-state index in [4.69, 9.17) is 0 Å². The van der Waals surface area contributed by atoms with Gasteiger partial charge in [0.1, 0.15) is 0 Å². The number of anilines is 6. The molecule has 2 nitrogen and oxygen atoms in total. The molecular formula is C67H48N2. The van der Waals surface area contributed by atoms with E-state index < -0.39 is 0 Å². The van der Waals surface area contributed by atoms with E-state index in [0.29, 0.717) is 0 Å². The molecule has 0 amide bonds. The van der Waals surface area contributed by atoms with Gasteiger partial charge >= 0.3 is 0 Å². The molecule has 2 heteroatoms. The molecule has 0 radical (unpaired) electrons. The number of nitrogens with zero attached hydrogens (tertiary/aromatic N) is 2. The van der Waals surface area contributed by atoms with Gasteiger partial charge in [0.15, 0.2) is 0 Å². The number of rotatable bonds is 6. The minimum absolute atomic E-state index is 0.880. The van der Waals surface area contributed by atoms with E-state index >= 15 is 0 Å². The summed E-state index contributed by atoms with van der Waals surface area (Å²) in [6, 6.07) is 74.6. The van der Waals surface area contributed by atoms with Crippen molar-refractivity contribution in [1.82, 2.24) is 0 Å². The SMILES string of the molecule is Cc1ccc2c(c1)Cc1cc(N(c3ccc4c(c3)Cc3ccccc3-4)c3ccc4c(c3)Cc3cc(N(c5ccc6c(c5)Cc5ccccc5-6)c5ccc6c(c5)Cc5cc(C)ccc5-6)ccc3-4)ccc1-2. The van der Waals surface area contributed by atoms with Crippen LogP contribution >= 0.6 is 0 Å². The van der Waals surface area contributed by atoms with E-state index in [9.17, 15) is 0 Å². The highest BCUT2D eigenvalue weighted by molar-refractivity contribution is 5.91. The average molecular weight is 881 g/mol. The third-order valence-electron chi connectivity index (χ3n) is 16.0. The van der Waals surface area contributed by atoms with Crippen LogP contribution in [-0.2, 0) is 32.1 Å². The van der Waals surface area contributed by atoms with Crippen molar-refractivity contribution in [3.63, 3.8) is 0 Å². The normalized spacial score (nSPS) is 13.4. The topological polar surface area (TPSA) is 6.48 Å². The van der Waals surface area contributed by atoms with Gasteiger partial charge in [0, 0.05) is 34.1 Å². The Kier molecular flexibility index (Phi) is 8.25. The monoisotopic (exact) mass is 880 g/mol. The van der Waals surface area contributed by atoms with Crippen molar-refractivity contribution in [2.24, 2.45) is 0 Å². The molecule has 0 bridgehead atoms. The summed E-state index contributed by atoms with van der Waals surface area (Å²) in [5.74, 6) is 0. The highest BCUT2D eigenvalue weighted by atomic mass is 15.1. The number of benzene rings is 10. The summed E-state index contributed by atoms with van der Waals surface area (Å²) in [4.78, 5) is 5.02. The fourth-order valence-electron chi connectivity index (χ4n) is 12.8. The molecule has 0 saturated carbocycles. The Bertz CT molecular complexity index is 3620. The van der Waals surface area contributed by atoms with Gasteiger partial charge in [0.05, 0.1) is 0 Å². The van der Waals surface area contributed by atoms with E-state index in [2.05, 4.69) is 218 Å². The lowest BCUT2D eigenvalue weighted by atomic mass is 10.0. The zero-order valence-electron chi connectivity index (χ0n) is 38.9. The molecule has 10 aromatic carbocycles. The van der Waals surface area contributed by atoms with Gasteiger partial charge in [-0.1, -0.05) is 132 Å². The lowest BCUT2D eigenvalue weighted by molar-refractivity contribution is 1.19. The number of hydrogen-bond acceptors (Lipinski definition) is 2. The van der Waals surface area contributed by atoms with Crippen LogP contribution in [-0.4, -0.2) is 0 Å². The Morgan fingerprint density at radius 2 is 0.435 bits per heavy atom. The number of aryl methyl sites for hydroxylation is 2. The second kappa shape index (κ2) is 14.6. The quantitative estimate of drug-likeness (QED) is 0.164. The number of fused-ring (bicyclic) bond motifs is 15. The molecule has 0 aliphatic heterocycles. The zero-order chi connectivity index (χ0) is 45.5. The van der Waals surface area contributed by atoms with Crippen LogP contribution in [0.4, 0.5) is 34.1 Å². The Hall–Kier alpha value is -8.20. The summed E-state index contributed by atoms with van der Waals surface area (Å²) in [5, 5.41) is 0. The summed E-state index contributed by atoms with van der Waals surface area (Å²) in [6.45, 7) is 4.40. The van der Waals surface area contributed by atoms with E-state index in [1.807, 2.05) is 0 Å². The van der Waals surface area contributed by atoms with E-state index in [-0.39, 0.29) is 0 Å². The highest BCUT2D eigenvalue weighted by Gasteiger charge is 2.29. The summed E-state index contributed by atoms with van der Waals surface area (Å²) in [7, 11) is 0. The smallest absolute Gasteiger partial charge is 0.0464 e. The van der Waals surface area contributed by atoms with Crippen LogP contribution in [0.25, 0.3) is 55.6 Å². The predicted octanol–water partition coefficient (Wildman–Crippen LogP) is 17.1. The number of hydrogen-bond donors (Lipinski definition) is 0. The Labute approximate surface area is 404 Å². The Morgan fingerprint density at radius 3 is 0.725 bits per heavy atom. The second-order valence-corrected chi connectivity index (χ2v) is 20.2. The van der Waals surface area contributed by atoms with Crippen LogP contribution < -0.4 is 9.80 Å². The maximum Gasteiger partial charge on any atom is 0.0464 e. The Balaban J connectivity index is 0.814. The van der Waals surface area contributed by atoms with Gasteiger partial charge in [-0.3, -0.25) is 0 Å². The molecular weight excluding hydrogens is 833 g/mol. The summed E-state index contributed by atoms with van der Waals surface area (Å²) in [5.41, 5.74) is 37.4. The fraction of sp³-hybridized carbons (Fsp3) is 0.104. The fourth-order valence-corrected chi connectivity index (χ4v) is 12.8. The molecule has 326 valence electrons.